The molecule has 1 aromatic heterocycles. The van der Waals surface area contributed by atoms with Crippen molar-refractivity contribution in [3.63, 3.8) is 0 Å². The molecule has 0 aliphatic heterocycles. The first kappa shape index (κ1) is 14.0. The molecule has 0 saturated carbocycles. The highest BCUT2D eigenvalue weighted by Crippen LogP contribution is 2.29. The molecule has 0 aliphatic rings. The van der Waals surface area contributed by atoms with Crippen molar-refractivity contribution in [3.05, 3.63) is 65.6 Å². The fourth-order valence-electron chi connectivity index (χ4n) is 2.40. The van der Waals surface area contributed by atoms with Crippen molar-refractivity contribution in [1.29, 1.82) is 5.26 Å². The lowest BCUT2D eigenvalue weighted by atomic mass is 10.1. The molecule has 22 heavy (non-hydrogen) atoms. The highest BCUT2D eigenvalue weighted by Gasteiger charge is 2.10. The van der Waals surface area contributed by atoms with Crippen LogP contribution in [0.5, 0.6) is 0 Å². The number of rotatable bonds is 3. The van der Waals surface area contributed by atoms with Gasteiger partial charge in [0.2, 0.25) is 0 Å². The van der Waals surface area contributed by atoms with Gasteiger partial charge in [-0.1, -0.05) is 19.1 Å². The molecule has 0 bridgehead atoms. The number of fused-ring (bicyclic) bond motifs is 1. The van der Waals surface area contributed by atoms with Crippen molar-refractivity contribution >= 4 is 22.3 Å². The number of benzene rings is 2. The zero-order chi connectivity index (χ0) is 15.5. The Hall–Kier alpha value is -2.93. The maximum atomic E-state index is 13.6. The van der Waals surface area contributed by atoms with Crippen molar-refractivity contribution in [3.8, 4) is 6.07 Å². The van der Waals surface area contributed by atoms with Crippen LogP contribution in [0.1, 0.15) is 18.1 Å². The predicted octanol–water partition coefficient (Wildman–Crippen LogP) is 4.55. The first-order valence-electron chi connectivity index (χ1n) is 7.05. The van der Waals surface area contributed by atoms with Gasteiger partial charge in [-0.05, 0) is 42.3 Å². The molecule has 0 atom stereocenters. The van der Waals surface area contributed by atoms with Crippen LogP contribution in [0.2, 0.25) is 0 Å². The van der Waals surface area contributed by atoms with Gasteiger partial charge in [0.15, 0.2) is 0 Å². The van der Waals surface area contributed by atoms with E-state index in [0.717, 1.165) is 12.1 Å². The normalized spacial score (nSPS) is 10.4. The topological polar surface area (TPSA) is 48.7 Å². The summed E-state index contributed by atoms with van der Waals surface area (Å²) in [6.45, 7) is 2.08. The monoisotopic (exact) mass is 291 g/mol. The molecule has 3 aromatic rings. The molecule has 0 aliphatic carbocycles. The number of halogens is 1. The Labute approximate surface area is 128 Å². The molecule has 1 heterocycles. The highest BCUT2D eigenvalue weighted by atomic mass is 19.1. The average Bonchev–Trinajstić information content (AvgIpc) is 2.55. The molecule has 0 amide bonds. The van der Waals surface area contributed by atoms with E-state index in [2.05, 4.69) is 23.3 Å². The van der Waals surface area contributed by atoms with Gasteiger partial charge >= 0.3 is 0 Å². The quantitative estimate of drug-likeness (QED) is 0.770. The predicted molar refractivity (Wildman–Crippen MR) is 85.5 cm³/mol. The molecule has 3 rings (SSSR count). The van der Waals surface area contributed by atoms with Crippen molar-refractivity contribution in [2.24, 2.45) is 0 Å². The number of nitrogens with zero attached hydrogens (tertiary/aromatic N) is 2. The third-order valence-electron chi connectivity index (χ3n) is 3.56. The fourth-order valence-corrected chi connectivity index (χ4v) is 2.40. The van der Waals surface area contributed by atoms with E-state index in [0.29, 0.717) is 22.2 Å². The number of hydrogen-bond donors (Lipinski definition) is 1. The van der Waals surface area contributed by atoms with E-state index < -0.39 is 0 Å². The van der Waals surface area contributed by atoms with Gasteiger partial charge in [-0.15, -0.1) is 0 Å². The van der Waals surface area contributed by atoms with E-state index in [1.165, 1.54) is 23.9 Å². The van der Waals surface area contributed by atoms with Gasteiger partial charge in [0.05, 0.1) is 16.8 Å². The SMILES string of the molecule is CCc1cccc(Nc2c(C#N)cnc3ccc(F)cc23)c1. The second-order valence-corrected chi connectivity index (χ2v) is 5.00. The van der Waals surface area contributed by atoms with Crippen LogP contribution in [-0.2, 0) is 6.42 Å². The molecule has 0 spiro atoms. The zero-order valence-electron chi connectivity index (χ0n) is 12.1. The molecule has 108 valence electrons. The fraction of sp³-hybridized carbons (Fsp3) is 0.111. The summed E-state index contributed by atoms with van der Waals surface area (Å²) < 4.78 is 13.6. The minimum atomic E-state index is -0.352. The minimum Gasteiger partial charge on any atom is -0.354 e. The van der Waals surface area contributed by atoms with E-state index in [1.807, 2.05) is 24.3 Å². The van der Waals surface area contributed by atoms with Crippen LogP contribution < -0.4 is 5.32 Å². The molecule has 4 heteroatoms. The summed E-state index contributed by atoms with van der Waals surface area (Å²) in [6, 6.07) is 14.4. The zero-order valence-corrected chi connectivity index (χ0v) is 12.1. The summed E-state index contributed by atoms with van der Waals surface area (Å²) in [7, 11) is 0. The second kappa shape index (κ2) is 5.82. The Kier molecular flexibility index (Phi) is 3.71. The lowest BCUT2D eigenvalue weighted by Gasteiger charge is -2.12. The van der Waals surface area contributed by atoms with Gasteiger partial charge in [-0.25, -0.2) is 4.39 Å². The summed E-state index contributed by atoms with van der Waals surface area (Å²) in [4.78, 5) is 4.20. The lowest BCUT2D eigenvalue weighted by Crippen LogP contribution is -1.97. The molecule has 2 aromatic carbocycles. The molecule has 1 N–H and O–H groups in total. The van der Waals surface area contributed by atoms with E-state index in [4.69, 9.17) is 0 Å². The molecular formula is C18H14FN3. The smallest absolute Gasteiger partial charge is 0.124 e. The van der Waals surface area contributed by atoms with Crippen molar-refractivity contribution in [2.45, 2.75) is 13.3 Å². The summed E-state index contributed by atoms with van der Waals surface area (Å²) in [5.74, 6) is -0.352. The molecular weight excluding hydrogens is 277 g/mol. The minimum absolute atomic E-state index is 0.352. The summed E-state index contributed by atoms with van der Waals surface area (Å²) in [5, 5.41) is 13.1. The summed E-state index contributed by atoms with van der Waals surface area (Å²) in [6.07, 6.45) is 2.43. The van der Waals surface area contributed by atoms with E-state index in [-0.39, 0.29) is 5.82 Å². The van der Waals surface area contributed by atoms with E-state index >= 15 is 0 Å². The Morgan fingerprint density at radius 2 is 2.09 bits per heavy atom. The summed E-state index contributed by atoms with van der Waals surface area (Å²) in [5.41, 5.74) is 3.68. The van der Waals surface area contributed by atoms with E-state index in [1.54, 1.807) is 6.07 Å². The van der Waals surface area contributed by atoms with Gasteiger partial charge in [0, 0.05) is 17.3 Å². The number of pyridine rings is 1. The lowest BCUT2D eigenvalue weighted by molar-refractivity contribution is 0.629. The van der Waals surface area contributed by atoms with E-state index in [9.17, 15) is 9.65 Å². The maximum Gasteiger partial charge on any atom is 0.124 e. The van der Waals surface area contributed by atoms with Crippen molar-refractivity contribution in [2.75, 3.05) is 5.32 Å². The van der Waals surface area contributed by atoms with Crippen LogP contribution in [0.15, 0.2) is 48.7 Å². The van der Waals surface area contributed by atoms with Gasteiger partial charge in [-0.3, -0.25) is 4.98 Å². The van der Waals surface area contributed by atoms with Crippen LogP contribution in [-0.4, -0.2) is 4.98 Å². The van der Waals surface area contributed by atoms with Crippen molar-refractivity contribution in [1.82, 2.24) is 4.98 Å². The number of anilines is 2. The van der Waals surface area contributed by atoms with Gasteiger partial charge in [0.1, 0.15) is 11.9 Å². The number of aryl methyl sites for hydroxylation is 1. The second-order valence-electron chi connectivity index (χ2n) is 5.00. The third kappa shape index (κ3) is 2.61. The number of nitrogens with one attached hydrogen (secondary N) is 1. The standard InChI is InChI=1S/C18H14FN3/c1-2-12-4-3-5-15(8-12)22-18-13(10-20)11-21-17-7-6-14(19)9-16(17)18/h3-9,11H,2H2,1H3,(H,21,22). The third-order valence-corrected chi connectivity index (χ3v) is 3.56. The Morgan fingerprint density at radius 3 is 2.86 bits per heavy atom. The number of aromatic nitrogens is 1. The first-order valence-corrected chi connectivity index (χ1v) is 7.05. The van der Waals surface area contributed by atoms with Gasteiger partial charge in [0.25, 0.3) is 0 Å². The van der Waals surface area contributed by atoms with Crippen LogP contribution in [0.3, 0.4) is 0 Å². The Bertz CT molecular complexity index is 881. The Balaban J connectivity index is 2.15. The van der Waals surface area contributed by atoms with Crippen LogP contribution in [0, 0.1) is 17.1 Å². The summed E-state index contributed by atoms with van der Waals surface area (Å²) >= 11 is 0. The van der Waals surface area contributed by atoms with Crippen LogP contribution in [0.4, 0.5) is 15.8 Å². The van der Waals surface area contributed by atoms with Gasteiger partial charge in [-0.2, -0.15) is 5.26 Å². The van der Waals surface area contributed by atoms with Gasteiger partial charge < -0.3 is 5.32 Å². The first-order chi connectivity index (χ1) is 10.7. The molecule has 0 unspecified atom stereocenters. The van der Waals surface area contributed by atoms with Crippen molar-refractivity contribution < 1.29 is 4.39 Å². The molecule has 3 nitrogen and oxygen atoms in total. The largest absolute Gasteiger partial charge is 0.354 e. The van der Waals surface area contributed by atoms with Crippen LogP contribution >= 0.6 is 0 Å². The number of nitriles is 1. The van der Waals surface area contributed by atoms with Crippen LogP contribution in [0.25, 0.3) is 10.9 Å². The average molecular weight is 291 g/mol. The number of hydrogen-bond acceptors (Lipinski definition) is 3. The molecule has 0 radical (unpaired) electrons. The maximum absolute atomic E-state index is 13.6. The molecule has 0 saturated heterocycles. The molecule has 0 fully saturated rings. The highest BCUT2D eigenvalue weighted by molar-refractivity contribution is 5.95. The Morgan fingerprint density at radius 1 is 1.23 bits per heavy atom.